The standard InChI is InChI=1S/C19H13Cl3N4O8/c1-23-17(28)24(8-15(27)33-2)19(30)25(18(23)29)14-7-10(3-4-13(14)26(31)32)34-16-11(21)5-9(20)6-12(16)22/h3-7H,8H2,1-2H3. The first-order valence-corrected chi connectivity index (χ1v) is 10.2. The molecule has 0 saturated heterocycles. The maximum atomic E-state index is 13.0. The quantitative estimate of drug-likeness (QED) is 0.268. The number of ether oxygens (including phenoxy) is 2. The molecule has 0 atom stereocenters. The van der Waals surface area contributed by atoms with Gasteiger partial charge >= 0.3 is 23.0 Å². The van der Waals surface area contributed by atoms with Crippen LogP contribution in [-0.2, 0) is 23.1 Å². The topological polar surface area (TPSA) is 145 Å². The number of nitrogens with zero attached hydrogens (tertiary/aromatic N) is 4. The summed E-state index contributed by atoms with van der Waals surface area (Å²) in [5.41, 5.74) is -4.82. The van der Waals surface area contributed by atoms with Gasteiger partial charge in [-0.25, -0.2) is 28.1 Å². The Hall–Kier alpha value is -3.61. The molecule has 0 spiro atoms. The van der Waals surface area contributed by atoms with Gasteiger partial charge < -0.3 is 9.47 Å². The minimum absolute atomic E-state index is 0.0251. The molecule has 0 N–H and O–H groups in total. The molecule has 0 bridgehead atoms. The van der Waals surface area contributed by atoms with Gasteiger partial charge in [-0.15, -0.1) is 0 Å². The summed E-state index contributed by atoms with van der Waals surface area (Å²) >= 11 is 18.1. The molecule has 0 radical (unpaired) electrons. The molecule has 0 saturated carbocycles. The normalized spacial score (nSPS) is 10.7. The molecular formula is C19H13Cl3N4O8. The fourth-order valence-corrected chi connectivity index (χ4v) is 3.77. The predicted octanol–water partition coefficient (Wildman–Crippen LogP) is 2.53. The fourth-order valence-electron chi connectivity index (χ4n) is 2.88. The van der Waals surface area contributed by atoms with Crippen LogP contribution in [0.2, 0.25) is 15.1 Å². The Morgan fingerprint density at radius 1 is 1.03 bits per heavy atom. The molecule has 3 aromatic rings. The Balaban J connectivity index is 2.29. The summed E-state index contributed by atoms with van der Waals surface area (Å²) in [5, 5.41) is 11.9. The van der Waals surface area contributed by atoms with Crippen LogP contribution in [0, 0.1) is 10.1 Å². The largest absolute Gasteiger partial charge is 0.468 e. The van der Waals surface area contributed by atoms with Crippen molar-refractivity contribution in [1.82, 2.24) is 13.7 Å². The van der Waals surface area contributed by atoms with Crippen LogP contribution in [0.25, 0.3) is 5.69 Å². The number of benzene rings is 2. The van der Waals surface area contributed by atoms with E-state index in [0.717, 1.165) is 26.3 Å². The van der Waals surface area contributed by atoms with E-state index >= 15 is 0 Å². The van der Waals surface area contributed by atoms with Gasteiger partial charge in [-0.05, 0) is 18.2 Å². The van der Waals surface area contributed by atoms with E-state index in [9.17, 15) is 29.3 Å². The molecular weight excluding hydrogens is 519 g/mol. The van der Waals surface area contributed by atoms with Gasteiger partial charge in [-0.2, -0.15) is 0 Å². The number of carbonyl (C=O) groups excluding carboxylic acids is 1. The Labute approximate surface area is 204 Å². The molecule has 0 aliphatic heterocycles. The summed E-state index contributed by atoms with van der Waals surface area (Å²) in [6.07, 6.45) is 0. The zero-order chi connectivity index (χ0) is 25.3. The summed E-state index contributed by atoms with van der Waals surface area (Å²) in [6.45, 7) is -0.831. The van der Waals surface area contributed by atoms with Crippen LogP contribution in [0.5, 0.6) is 11.5 Å². The van der Waals surface area contributed by atoms with E-state index in [1.165, 1.54) is 18.2 Å². The van der Waals surface area contributed by atoms with Gasteiger partial charge in [0.2, 0.25) is 0 Å². The summed E-state index contributed by atoms with van der Waals surface area (Å²) in [6, 6.07) is 5.86. The second-order valence-corrected chi connectivity index (χ2v) is 7.86. The summed E-state index contributed by atoms with van der Waals surface area (Å²) in [7, 11) is 2.07. The van der Waals surface area contributed by atoms with Crippen molar-refractivity contribution in [3.63, 3.8) is 0 Å². The number of carbonyl (C=O) groups is 1. The molecule has 12 nitrogen and oxygen atoms in total. The fraction of sp³-hybridized carbons (Fsp3) is 0.158. The Morgan fingerprint density at radius 2 is 1.65 bits per heavy atom. The van der Waals surface area contributed by atoms with Crippen LogP contribution < -0.4 is 21.8 Å². The number of rotatable bonds is 6. The van der Waals surface area contributed by atoms with Crippen molar-refractivity contribution >= 4 is 46.5 Å². The first-order chi connectivity index (χ1) is 16.0. The van der Waals surface area contributed by atoms with Crippen LogP contribution in [0.1, 0.15) is 0 Å². The number of aromatic nitrogens is 3. The lowest BCUT2D eigenvalue weighted by atomic mass is 10.2. The Bertz CT molecular complexity index is 1490. The van der Waals surface area contributed by atoms with Gasteiger partial charge in [0.15, 0.2) is 5.75 Å². The summed E-state index contributed by atoms with van der Waals surface area (Å²) in [4.78, 5) is 60.6. The second kappa shape index (κ2) is 9.71. The average Bonchev–Trinajstić information content (AvgIpc) is 2.77. The highest BCUT2D eigenvalue weighted by molar-refractivity contribution is 6.40. The van der Waals surface area contributed by atoms with Crippen molar-refractivity contribution in [2.75, 3.05) is 7.11 Å². The third-order valence-corrected chi connectivity index (χ3v) is 5.28. The monoisotopic (exact) mass is 530 g/mol. The van der Waals surface area contributed by atoms with E-state index in [0.29, 0.717) is 13.7 Å². The van der Waals surface area contributed by atoms with Gasteiger partial charge in [0.05, 0.1) is 22.1 Å². The maximum absolute atomic E-state index is 13.0. The zero-order valence-electron chi connectivity index (χ0n) is 17.3. The van der Waals surface area contributed by atoms with Crippen molar-refractivity contribution < 1.29 is 19.2 Å². The maximum Gasteiger partial charge on any atom is 0.341 e. The lowest BCUT2D eigenvalue weighted by molar-refractivity contribution is -0.384. The number of esters is 1. The van der Waals surface area contributed by atoms with Crippen molar-refractivity contribution in [3.05, 3.63) is 87.0 Å². The minimum Gasteiger partial charge on any atom is -0.468 e. The third-order valence-electron chi connectivity index (χ3n) is 4.50. The zero-order valence-corrected chi connectivity index (χ0v) is 19.6. The molecule has 1 aromatic heterocycles. The van der Waals surface area contributed by atoms with Crippen LogP contribution in [0.15, 0.2) is 44.7 Å². The number of hydrogen-bond donors (Lipinski definition) is 0. The van der Waals surface area contributed by atoms with E-state index in [1.54, 1.807) is 0 Å². The molecule has 1 heterocycles. The molecule has 0 aliphatic carbocycles. The van der Waals surface area contributed by atoms with Gasteiger partial charge in [-0.1, -0.05) is 34.8 Å². The molecule has 2 aromatic carbocycles. The number of halogens is 3. The van der Waals surface area contributed by atoms with Crippen LogP contribution in [0.3, 0.4) is 0 Å². The first kappa shape index (κ1) is 25.0. The molecule has 0 amide bonds. The van der Waals surface area contributed by atoms with Gasteiger partial charge in [-0.3, -0.25) is 14.9 Å². The van der Waals surface area contributed by atoms with E-state index in [1.807, 2.05) is 0 Å². The highest BCUT2D eigenvalue weighted by atomic mass is 35.5. The summed E-state index contributed by atoms with van der Waals surface area (Å²) < 4.78 is 11.4. The van der Waals surface area contributed by atoms with Crippen molar-refractivity contribution in [3.8, 4) is 17.2 Å². The van der Waals surface area contributed by atoms with Gasteiger partial charge in [0.25, 0.3) is 5.69 Å². The SMILES string of the molecule is COC(=O)Cn1c(=O)n(C)c(=O)n(-c2cc(Oc3c(Cl)cc(Cl)cc3Cl)ccc2[N+](=O)[O-])c1=O. The highest BCUT2D eigenvalue weighted by Crippen LogP contribution is 2.39. The van der Waals surface area contributed by atoms with Crippen LogP contribution in [0.4, 0.5) is 5.69 Å². The smallest absolute Gasteiger partial charge is 0.341 e. The van der Waals surface area contributed by atoms with Crippen molar-refractivity contribution in [1.29, 1.82) is 0 Å². The average molecular weight is 532 g/mol. The van der Waals surface area contributed by atoms with Crippen LogP contribution in [-0.4, -0.2) is 31.7 Å². The molecule has 0 aliphatic rings. The van der Waals surface area contributed by atoms with Crippen molar-refractivity contribution in [2.24, 2.45) is 7.05 Å². The predicted molar refractivity (Wildman–Crippen MR) is 122 cm³/mol. The molecule has 0 unspecified atom stereocenters. The van der Waals surface area contributed by atoms with E-state index in [4.69, 9.17) is 39.5 Å². The Morgan fingerprint density at radius 3 is 2.21 bits per heavy atom. The second-order valence-electron chi connectivity index (χ2n) is 6.61. The lowest BCUT2D eigenvalue weighted by Gasteiger charge is -2.14. The number of nitro groups is 1. The van der Waals surface area contributed by atoms with Crippen molar-refractivity contribution in [2.45, 2.75) is 6.54 Å². The van der Waals surface area contributed by atoms with Crippen LogP contribution >= 0.6 is 34.8 Å². The summed E-state index contributed by atoms with van der Waals surface area (Å²) in [5.74, 6) is -1.09. The molecule has 34 heavy (non-hydrogen) atoms. The Kier molecular flexibility index (Phi) is 7.15. The van der Waals surface area contributed by atoms with Gasteiger partial charge in [0, 0.05) is 24.2 Å². The third kappa shape index (κ3) is 4.69. The lowest BCUT2D eigenvalue weighted by Crippen LogP contribution is -2.53. The van der Waals surface area contributed by atoms with E-state index in [-0.39, 0.29) is 26.6 Å². The molecule has 178 valence electrons. The first-order valence-electron chi connectivity index (χ1n) is 9.07. The molecule has 15 heteroatoms. The number of nitro benzene ring substituents is 1. The van der Waals surface area contributed by atoms with E-state index < -0.39 is 45.9 Å². The van der Waals surface area contributed by atoms with Gasteiger partial charge in [0.1, 0.15) is 18.0 Å². The number of methoxy groups -OCH3 is 1. The minimum atomic E-state index is -1.30. The van der Waals surface area contributed by atoms with E-state index in [2.05, 4.69) is 4.74 Å². The molecule has 3 rings (SSSR count). The number of hydrogen-bond acceptors (Lipinski definition) is 8. The highest BCUT2D eigenvalue weighted by Gasteiger charge is 2.24. The molecule has 0 fully saturated rings.